The molecule has 17 heavy (non-hydrogen) atoms. The van der Waals surface area contributed by atoms with Gasteiger partial charge in [-0.1, -0.05) is 0 Å². The quantitative estimate of drug-likeness (QED) is 0.820. The topological polar surface area (TPSA) is 89.3 Å². The summed E-state index contributed by atoms with van der Waals surface area (Å²) < 4.78 is 25.1. The number of hydrogen-bond donors (Lipinski definition) is 2. The zero-order valence-corrected chi connectivity index (χ0v) is 11.2. The molecule has 1 aromatic rings. The van der Waals surface area contributed by atoms with Crippen molar-refractivity contribution in [3.8, 4) is 0 Å². The van der Waals surface area contributed by atoms with Crippen LogP contribution >= 0.6 is 22.9 Å². The van der Waals surface area contributed by atoms with Crippen LogP contribution in [0.1, 0.15) is 27.2 Å². The molecule has 8 heteroatoms. The summed E-state index contributed by atoms with van der Waals surface area (Å²) in [5.41, 5.74) is 6.48. The van der Waals surface area contributed by atoms with E-state index >= 15 is 0 Å². The SMILES string of the molecule is NC(=O)c1c(NS(=O)(=O)CCl)sc2c1CCC2. The number of fused-ring (bicyclic) bond motifs is 1. The van der Waals surface area contributed by atoms with Crippen molar-refractivity contribution in [2.45, 2.75) is 19.3 Å². The van der Waals surface area contributed by atoms with E-state index in [-0.39, 0.29) is 0 Å². The van der Waals surface area contributed by atoms with Gasteiger partial charge in [-0.3, -0.25) is 9.52 Å². The first-order chi connectivity index (χ1) is 7.94. The Bertz CT molecular complexity index is 565. The molecule has 0 saturated heterocycles. The van der Waals surface area contributed by atoms with E-state index in [1.54, 1.807) is 0 Å². The first-order valence-corrected chi connectivity index (χ1v) is 7.95. The summed E-state index contributed by atoms with van der Waals surface area (Å²) in [4.78, 5) is 12.4. The molecule has 0 radical (unpaired) electrons. The van der Waals surface area contributed by atoms with Gasteiger partial charge in [0.15, 0.2) is 0 Å². The number of aryl methyl sites for hydroxylation is 1. The summed E-state index contributed by atoms with van der Waals surface area (Å²) in [5, 5.41) is -0.254. The van der Waals surface area contributed by atoms with Crippen LogP contribution in [0.5, 0.6) is 0 Å². The molecule has 2 rings (SSSR count). The third-order valence-corrected chi connectivity index (χ3v) is 5.56. The van der Waals surface area contributed by atoms with Crippen LogP contribution in [0.25, 0.3) is 0 Å². The van der Waals surface area contributed by atoms with Crippen LogP contribution in [0.3, 0.4) is 0 Å². The number of amides is 1. The summed E-state index contributed by atoms with van der Waals surface area (Å²) in [5.74, 6) is -0.600. The van der Waals surface area contributed by atoms with E-state index in [1.807, 2.05) is 0 Å². The Kier molecular flexibility index (Phi) is 3.33. The van der Waals surface area contributed by atoms with Crippen LogP contribution in [0.15, 0.2) is 0 Å². The molecule has 0 aliphatic heterocycles. The molecule has 0 atom stereocenters. The molecule has 1 amide bonds. The molecule has 0 fully saturated rings. The number of sulfonamides is 1. The van der Waals surface area contributed by atoms with Gasteiger partial charge < -0.3 is 5.73 Å². The predicted octanol–water partition coefficient (Wildman–Crippen LogP) is 1.27. The lowest BCUT2D eigenvalue weighted by Crippen LogP contribution is -2.18. The fraction of sp³-hybridized carbons (Fsp3) is 0.444. The molecule has 94 valence electrons. The number of rotatable bonds is 4. The summed E-state index contributed by atoms with van der Waals surface area (Å²) in [6, 6.07) is 0. The molecule has 1 aromatic heterocycles. The standard InChI is InChI=1S/C9H11ClN2O3S2/c10-4-17(14,15)12-9-7(8(11)13)5-2-1-3-6(5)16-9/h12H,1-4H2,(H2,11,13). The molecule has 0 spiro atoms. The number of anilines is 1. The fourth-order valence-corrected chi connectivity index (χ4v) is 4.20. The number of hydrogen-bond acceptors (Lipinski definition) is 4. The predicted molar refractivity (Wildman–Crippen MR) is 68.1 cm³/mol. The maximum absolute atomic E-state index is 11.4. The highest BCUT2D eigenvalue weighted by molar-refractivity contribution is 7.94. The molecule has 0 bridgehead atoms. The number of carbonyl (C=O) groups is 1. The summed E-state index contributed by atoms with van der Waals surface area (Å²) in [7, 11) is -3.60. The molecule has 0 unspecified atom stereocenters. The van der Waals surface area contributed by atoms with E-state index in [4.69, 9.17) is 17.3 Å². The highest BCUT2D eigenvalue weighted by Crippen LogP contribution is 2.39. The lowest BCUT2D eigenvalue weighted by molar-refractivity contribution is 0.100. The molecule has 1 aliphatic carbocycles. The highest BCUT2D eigenvalue weighted by atomic mass is 35.5. The van der Waals surface area contributed by atoms with Gasteiger partial charge >= 0.3 is 0 Å². The number of alkyl halides is 1. The van der Waals surface area contributed by atoms with Crippen molar-refractivity contribution in [2.24, 2.45) is 5.73 Å². The molecule has 5 nitrogen and oxygen atoms in total. The van der Waals surface area contributed by atoms with Crippen LogP contribution in [0, 0.1) is 0 Å². The Morgan fingerprint density at radius 1 is 1.47 bits per heavy atom. The Morgan fingerprint density at radius 2 is 2.18 bits per heavy atom. The molecular formula is C9H11ClN2O3S2. The van der Waals surface area contributed by atoms with Gasteiger partial charge in [-0.05, 0) is 24.8 Å². The number of nitrogens with one attached hydrogen (secondary N) is 1. The van der Waals surface area contributed by atoms with E-state index in [0.29, 0.717) is 10.6 Å². The van der Waals surface area contributed by atoms with Crippen molar-refractivity contribution in [3.05, 3.63) is 16.0 Å². The first-order valence-electron chi connectivity index (χ1n) is 4.95. The maximum Gasteiger partial charge on any atom is 0.252 e. The summed E-state index contributed by atoms with van der Waals surface area (Å²) in [6.45, 7) is 0. The van der Waals surface area contributed by atoms with Crippen molar-refractivity contribution in [1.82, 2.24) is 0 Å². The van der Waals surface area contributed by atoms with Gasteiger partial charge in [0.1, 0.15) is 10.2 Å². The fourth-order valence-electron chi connectivity index (χ4n) is 1.91. The lowest BCUT2D eigenvalue weighted by atomic mass is 10.1. The van der Waals surface area contributed by atoms with Crippen LogP contribution < -0.4 is 10.5 Å². The maximum atomic E-state index is 11.4. The third-order valence-electron chi connectivity index (χ3n) is 2.56. The van der Waals surface area contributed by atoms with Crippen molar-refractivity contribution < 1.29 is 13.2 Å². The van der Waals surface area contributed by atoms with Gasteiger partial charge in [0.2, 0.25) is 10.0 Å². The second kappa shape index (κ2) is 4.47. The van der Waals surface area contributed by atoms with E-state index in [2.05, 4.69) is 4.72 Å². The van der Waals surface area contributed by atoms with Crippen LogP contribution in [0.4, 0.5) is 5.00 Å². The number of halogens is 1. The van der Waals surface area contributed by atoms with E-state index in [9.17, 15) is 13.2 Å². The summed E-state index contributed by atoms with van der Waals surface area (Å²) in [6.07, 6.45) is 2.61. The molecule has 1 heterocycles. The minimum Gasteiger partial charge on any atom is -0.365 e. The van der Waals surface area contributed by atoms with Crippen molar-refractivity contribution in [1.29, 1.82) is 0 Å². The Labute approximate surface area is 108 Å². The normalized spacial score (nSPS) is 14.6. The zero-order valence-electron chi connectivity index (χ0n) is 8.82. The second-order valence-electron chi connectivity index (χ2n) is 3.75. The Balaban J connectivity index is 2.45. The average molecular weight is 295 g/mol. The minimum atomic E-state index is -3.60. The molecule has 0 aromatic carbocycles. The van der Waals surface area contributed by atoms with Crippen LogP contribution in [-0.4, -0.2) is 19.5 Å². The van der Waals surface area contributed by atoms with Crippen LogP contribution in [-0.2, 0) is 22.9 Å². The third kappa shape index (κ3) is 2.41. The van der Waals surface area contributed by atoms with Crippen LogP contribution in [0.2, 0.25) is 0 Å². The highest BCUT2D eigenvalue weighted by Gasteiger charge is 2.26. The van der Waals surface area contributed by atoms with Gasteiger partial charge in [0.05, 0.1) is 5.56 Å². The minimum absolute atomic E-state index is 0.294. The Morgan fingerprint density at radius 3 is 2.76 bits per heavy atom. The molecule has 0 saturated carbocycles. The number of thiophene rings is 1. The molecule has 3 N–H and O–H groups in total. The Hall–Kier alpha value is -0.790. The van der Waals surface area contributed by atoms with Gasteiger partial charge in [0, 0.05) is 4.88 Å². The smallest absolute Gasteiger partial charge is 0.252 e. The second-order valence-corrected chi connectivity index (χ2v) is 7.16. The van der Waals surface area contributed by atoms with E-state index < -0.39 is 21.1 Å². The van der Waals surface area contributed by atoms with Gasteiger partial charge in [-0.15, -0.1) is 22.9 Å². The largest absolute Gasteiger partial charge is 0.365 e. The van der Waals surface area contributed by atoms with E-state index in [0.717, 1.165) is 29.7 Å². The lowest BCUT2D eigenvalue weighted by Gasteiger charge is -2.05. The van der Waals surface area contributed by atoms with Crippen molar-refractivity contribution >= 4 is 43.9 Å². The first kappa shape index (κ1) is 12.7. The van der Waals surface area contributed by atoms with Crippen molar-refractivity contribution in [2.75, 3.05) is 9.93 Å². The average Bonchev–Trinajstić information content (AvgIpc) is 2.75. The number of nitrogens with two attached hydrogens (primary N) is 1. The van der Waals surface area contributed by atoms with Gasteiger partial charge in [-0.2, -0.15) is 0 Å². The van der Waals surface area contributed by atoms with Gasteiger partial charge in [0.25, 0.3) is 5.91 Å². The number of primary amides is 1. The zero-order chi connectivity index (χ0) is 12.6. The van der Waals surface area contributed by atoms with Crippen molar-refractivity contribution in [3.63, 3.8) is 0 Å². The summed E-state index contributed by atoms with van der Waals surface area (Å²) >= 11 is 6.58. The molecule has 1 aliphatic rings. The molecular weight excluding hydrogens is 284 g/mol. The van der Waals surface area contributed by atoms with Gasteiger partial charge in [-0.25, -0.2) is 8.42 Å². The monoisotopic (exact) mass is 294 g/mol. The number of carbonyl (C=O) groups excluding carboxylic acids is 1. The van der Waals surface area contributed by atoms with E-state index in [1.165, 1.54) is 11.3 Å².